The van der Waals surface area contributed by atoms with Crippen molar-refractivity contribution in [2.45, 2.75) is 0 Å². The normalized spacial score (nSPS) is 14.2. The minimum absolute atomic E-state index is 0.0599. The number of aromatic nitrogens is 2. The predicted octanol–water partition coefficient (Wildman–Crippen LogP) is 1.66. The Balaban J connectivity index is 1.70. The van der Waals surface area contributed by atoms with E-state index in [9.17, 15) is 14.9 Å². The minimum Gasteiger partial charge on any atom is -0.465 e. The lowest BCUT2D eigenvalue weighted by atomic mass is 10.2. The maximum atomic E-state index is 11.6. The predicted molar refractivity (Wildman–Crippen MR) is 105 cm³/mol. The van der Waals surface area contributed by atoms with E-state index in [0.717, 1.165) is 19.6 Å². The third-order valence-electron chi connectivity index (χ3n) is 4.40. The molecule has 1 saturated heterocycles. The van der Waals surface area contributed by atoms with Gasteiger partial charge in [-0.2, -0.15) is 0 Å². The van der Waals surface area contributed by atoms with Gasteiger partial charge in [-0.3, -0.25) is 15.0 Å². The fraction of sp³-hybridized carbons (Fsp3) is 0.389. The van der Waals surface area contributed by atoms with Crippen LogP contribution in [0.4, 0.5) is 23.0 Å². The van der Waals surface area contributed by atoms with Crippen molar-refractivity contribution in [3.05, 3.63) is 46.3 Å². The van der Waals surface area contributed by atoms with Crippen LogP contribution in [0.1, 0.15) is 10.4 Å². The van der Waals surface area contributed by atoms with E-state index in [1.165, 1.54) is 13.4 Å². The van der Waals surface area contributed by atoms with Gasteiger partial charge in [0.25, 0.3) is 0 Å². The van der Waals surface area contributed by atoms with Crippen molar-refractivity contribution < 1.29 is 19.2 Å². The minimum atomic E-state index is -0.526. The molecule has 1 aromatic heterocycles. The first kappa shape index (κ1) is 20.4. The number of methoxy groups -OCH3 is 1. The van der Waals surface area contributed by atoms with E-state index in [-0.39, 0.29) is 17.3 Å². The zero-order valence-corrected chi connectivity index (χ0v) is 16.0. The number of hydrogen-bond donors (Lipinski definition) is 2. The van der Waals surface area contributed by atoms with Crippen molar-refractivity contribution in [2.75, 3.05) is 57.1 Å². The number of rotatable bonds is 8. The maximum Gasteiger partial charge on any atom is 0.353 e. The molecular weight excluding hydrogens is 380 g/mol. The highest BCUT2D eigenvalue weighted by molar-refractivity contribution is 5.89. The van der Waals surface area contributed by atoms with Crippen LogP contribution in [0.5, 0.6) is 0 Å². The SMILES string of the molecule is COC(=O)c1ccc(Nc2ncnc(NCCN3CCOCC3)c2[N+](=O)[O-])cc1. The molecule has 2 N–H and O–H groups in total. The molecule has 11 heteroatoms. The summed E-state index contributed by atoms with van der Waals surface area (Å²) >= 11 is 0. The summed E-state index contributed by atoms with van der Waals surface area (Å²) in [6.45, 7) is 4.28. The number of carbonyl (C=O) groups excluding carboxylic acids is 1. The van der Waals surface area contributed by atoms with Gasteiger partial charge in [0, 0.05) is 31.9 Å². The number of benzene rings is 1. The Labute approximate surface area is 167 Å². The summed E-state index contributed by atoms with van der Waals surface area (Å²) < 4.78 is 9.96. The highest BCUT2D eigenvalue weighted by atomic mass is 16.6. The van der Waals surface area contributed by atoms with Crippen LogP contribution in [-0.2, 0) is 9.47 Å². The molecule has 0 amide bonds. The molecule has 0 atom stereocenters. The van der Waals surface area contributed by atoms with Gasteiger partial charge in [0.2, 0.25) is 11.6 Å². The van der Waals surface area contributed by atoms with Gasteiger partial charge in [-0.1, -0.05) is 0 Å². The number of carbonyl (C=O) groups is 1. The summed E-state index contributed by atoms with van der Waals surface area (Å²) in [6.07, 6.45) is 1.26. The van der Waals surface area contributed by atoms with Crippen molar-refractivity contribution in [3.63, 3.8) is 0 Å². The van der Waals surface area contributed by atoms with Gasteiger partial charge in [0.05, 0.1) is 30.8 Å². The molecule has 1 aromatic carbocycles. The lowest BCUT2D eigenvalue weighted by Crippen LogP contribution is -2.39. The maximum absolute atomic E-state index is 11.6. The number of nitrogens with one attached hydrogen (secondary N) is 2. The Morgan fingerprint density at radius 2 is 1.93 bits per heavy atom. The summed E-state index contributed by atoms with van der Waals surface area (Å²) in [6, 6.07) is 6.35. The van der Waals surface area contributed by atoms with Crippen LogP contribution in [0.2, 0.25) is 0 Å². The third kappa shape index (κ3) is 5.36. The molecule has 0 saturated carbocycles. The second-order valence-electron chi connectivity index (χ2n) is 6.25. The number of anilines is 3. The second kappa shape index (κ2) is 9.75. The molecule has 2 heterocycles. The molecule has 154 valence electrons. The molecular formula is C18H22N6O5. The molecule has 0 spiro atoms. The molecule has 1 fully saturated rings. The first-order valence-corrected chi connectivity index (χ1v) is 9.07. The van der Waals surface area contributed by atoms with Crippen LogP contribution >= 0.6 is 0 Å². The number of nitrogens with zero attached hydrogens (tertiary/aromatic N) is 4. The number of morpholine rings is 1. The fourth-order valence-corrected chi connectivity index (χ4v) is 2.87. The molecule has 11 nitrogen and oxygen atoms in total. The van der Waals surface area contributed by atoms with Crippen LogP contribution < -0.4 is 10.6 Å². The van der Waals surface area contributed by atoms with E-state index >= 15 is 0 Å². The van der Waals surface area contributed by atoms with E-state index in [2.05, 4.69) is 30.2 Å². The topological polar surface area (TPSA) is 132 Å². The zero-order chi connectivity index (χ0) is 20.6. The molecule has 1 aliphatic rings. The van der Waals surface area contributed by atoms with Crippen molar-refractivity contribution in [2.24, 2.45) is 0 Å². The summed E-state index contributed by atoms with van der Waals surface area (Å²) in [7, 11) is 1.30. The van der Waals surface area contributed by atoms with Gasteiger partial charge in [0.1, 0.15) is 6.33 Å². The van der Waals surface area contributed by atoms with Crippen LogP contribution in [0.3, 0.4) is 0 Å². The quantitative estimate of drug-likeness (QED) is 0.382. The van der Waals surface area contributed by atoms with Gasteiger partial charge < -0.3 is 20.1 Å². The molecule has 0 bridgehead atoms. The number of ether oxygens (including phenoxy) is 2. The molecule has 0 aliphatic carbocycles. The van der Waals surface area contributed by atoms with Crippen LogP contribution in [0.25, 0.3) is 0 Å². The number of hydrogen-bond acceptors (Lipinski definition) is 10. The smallest absolute Gasteiger partial charge is 0.353 e. The van der Waals surface area contributed by atoms with Gasteiger partial charge in [-0.05, 0) is 24.3 Å². The van der Waals surface area contributed by atoms with Crippen molar-refractivity contribution in [1.29, 1.82) is 0 Å². The third-order valence-corrected chi connectivity index (χ3v) is 4.40. The van der Waals surface area contributed by atoms with Crippen LogP contribution in [0, 0.1) is 10.1 Å². The Hall–Kier alpha value is -3.31. The Kier molecular flexibility index (Phi) is 6.87. The van der Waals surface area contributed by atoms with Gasteiger partial charge in [-0.15, -0.1) is 0 Å². The highest BCUT2D eigenvalue weighted by Gasteiger charge is 2.23. The first-order chi connectivity index (χ1) is 14.1. The van der Waals surface area contributed by atoms with E-state index in [4.69, 9.17) is 4.74 Å². The van der Waals surface area contributed by atoms with E-state index in [0.29, 0.717) is 31.0 Å². The van der Waals surface area contributed by atoms with E-state index in [1.807, 2.05) is 0 Å². The molecule has 3 rings (SSSR count). The average Bonchev–Trinajstić information content (AvgIpc) is 2.74. The van der Waals surface area contributed by atoms with Crippen LogP contribution in [0.15, 0.2) is 30.6 Å². The van der Waals surface area contributed by atoms with Gasteiger partial charge >= 0.3 is 11.7 Å². The van der Waals surface area contributed by atoms with Crippen LogP contribution in [-0.4, -0.2) is 72.3 Å². The molecule has 1 aliphatic heterocycles. The molecule has 0 unspecified atom stereocenters. The largest absolute Gasteiger partial charge is 0.465 e. The standard InChI is InChI=1S/C18H22N6O5/c1-28-18(25)13-2-4-14(5-3-13)22-17-15(24(26)27)16(20-12-21-17)19-6-7-23-8-10-29-11-9-23/h2-5,12H,6-11H2,1H3,(H2,19,20,21,22). The summed E-state index contributed by atoms with van der Waals surface area (Å²) in [4.78, 5) is 32.9. The number of esters is 1. The Morgan fingerprint density at radius 3 is 2.59 bits per heavy atom. The Bertz CT molecular complexity index is 854. The lowest BCUT2D eigenvalue weighted by Gasteiger charge is -2.26. The van der Waals surface area contributed by atoms with E-state index < -0.39 is 10.9 Å². The van der Waals surface area contributed by atoms with Crippen molar-refractivity contribution in [1.82, 2.24) is 14.9 Å². The number of nitro groups is 1. The monoisotopic (exact) mass is 402 g/mol. The second-order valence-corrected chi connectivity index (χ2v) is 6.25. The average molecular weight is 402 g/mol. The van der Waals surface area contributed by atoms with Crippen molar-refractivity contribution in [3.8, 4) is 0 Å². The molecule has 29 heavy (non-hydrogen) atoms. The van der Waals surface area contributed by atoms with Crippen molar-refractivity contribution >= 4 is 29.0 Å². The Morgan fingerprint density at radius 1 is 1.24 bits per heavy atom. The zero-order valence-electron chi connectivity index (χ0n) is 16.0. The first-order valence-electron chi connectivity index (χ1n) is 9.07. The van der Waals surface area contributed by atoms with Gasteiger partial charge in [-0.25, -0.2) is 14.8 Å². The summed E-state index contributed by atoms with van der Waals surface area (Å²) in [5, 5.41) is 17.6. The summed E-state index contributed by atoms with van der Waals surface area (Å²) in [5.74, 6) is -0.257. The lowest BCUT2D eigenvalue weighted by molar-refractivity contribution is -0.383. The van der Waals surface area contributed by atoms with E-state index in [1.54, 1.807) is 24.3 Å². The summed E-state index contributed by atoms with van der Waals surface area (Å²) in [5.41, 5.74) is 0.672. The highest BCUT2D eigenvalue weighted by Crippen LogP contribution is 2.31. The molecule has 2 aromatic rings. The molecule has 0 radical (unpaired) electrons. The van der Waals surface area contributed by atoms with Gasteiger partial charge in [0.15, 0.2) is 0 Å². The fourth-order valence-electron chi connectivity index (χ4n) is 2.87.